The van der Waals surface area contributed by atoms with Crippen LogP contribution in [0.15, 0.2) is 22.7 Å². The van der Waals surface area contributed by atoms with Gasteiger partial charge in [0.2, 0.25) is 0 Å². The molecule has 1 heterocycles. The van der Waals surface area contributed by atoms with Gasteiger partial charge in [0.25, 0.3) is 0 Å². The van der Waals surface area contributed by atoms with E-state index < -0.39 is 0 Å². The Morgan fingerprint density at radius 3 is 3.12 bits per heavy atom. The smallest absolute Gasteiger partial charge is 0.0948 e. The van der Waals surface area contributed by atoms with Crippen molar-refractivity contribution in [3.05, 3.63) is 38.1 Å². The van der Waals surface area contributed by atoms with Gasteiger partial charge in [-0.05, 0) is 24.2 Å². The average Bonchev–Trinajstić information content (AvgIpc) is 2.74. The second-order valence-corrected chi connectivity index (χ2v) is 5.98. The number of thiazole rings is 1. The Hall–Kier alpha value is -0.710. The average molecular weight is 295 g/mol. The van der Waals surface area contributed by atoms with Crippen molar-refractivity contribution in [2.45, 2.75) is 12.8 Å². The van der Waals surface area contributed by atoms with Crippen LogP contribution in [-0.2, 0) is 12.8 Å². The Morgan fingerprint density at radius 2 is 2.31 bits per heavy atom. The quantitative estimate of drug-likeness (QED) is 0.789. The van der Waals surface area contributed by atoms with Crippen LogP contribution in [0, 0.1) is 0 Å². The van der Waals surface area contributed by atoms with Crippen LogP contribution in [0.5, 0.6) is 0 Å². The summed E-state index contributed by atoms with van der Waals surface area (Å²) in [6.07, 6.45) is 1.91. The minimum Gasteiger partial charge on any atom is -0.330 e. The largest absolute Gasteiger partial charge is 0.330 e. The Labute approximate surface area is 107 Å². The molecule has 1 aromatic carbocycles. The number of benzene rings is 1. The van der Waals surface area contributed by atoms with Crippen molar-refractivity contribution in [2.75, 3.05) is 6.54 Å². The molecule has 0 unspecified atom stereocenters. The molecule has 0 saturated heterocycles. The van der Waals surface area contributed by atoms with E-state index in [1.165, 1.54) is 26.7 Å². The summed E-state index contributed by atoms with van der Waals surface area (Å²) in [6.45, 7) is 0.680. The molecule has 0 saturated carbocycles. The number of aromatic nitrogens is 1. The van der Waals surface area contributed by atoms with Crippen LogP contribution in [-0.4, -0.2) is 11.5 Å². The summed E-state index contributed by atoms with van der Waals surface area (Å²) in [4.78, 5) is 6.06. The summed E-state index contributed by atoms with van der Waals surface area (Å²) in [7, 11) is 0. The molecule has 2 nitrogen and oxygen atoms in total. The third-order valence-corrected chi connectivity index (χ3v) is 4.38. The molecule has 2 aromatic rings. The maximum atomic E-state index is 5.55. The molecule has 1 aliphatic carbocycles. The van der Waals surface area contributed by atoms with Crippen molar-refractivity contribution in [1.82, 2.24) is 4.98 Å². The molecule has 0 aliphatic heterocycles. The molecule has 0 bridgehead atoms. The molecular formula is C12H11BrN2S. The Bertz CT molecular complexity index is 548. The first kappa shape index (κ1) is 10.4. The first-order valence-corrected chi connectivity index (χ1v) is 6.86. The van der Waals surface area contributed by atoms with E-state index in [-0.39, 0.29) is 0 Å². The summed E-state index contributed by atoms with van der Waals surface area (Å²) >= 11 is 5.31. The lowest BCUT2D eigenvalue weighted by Gasteiger charge is -1.99. The zero-order valence-electron chi connectivity index (χ0n) is 8.66. The van der Waals surface area contributed by atoms with Crippen LogP contribution in [0.2, 0.25) is 0 Å². The fourth-order valence-corrected chi connectivity index (χ4v) is 3.60. The van der Waals surface area contributed by atoms with Gasteiger partial charge >= 0.3 is 0 Å². The molecule has 1 aromatic heterocycles. The van der Waals surface area contributed by atoms with Crippen LogP contribution in [0.1, 0.15) is 15.4 Å². The van der Waals surface area contributed by atoms with Gasteiger partial charge in [-0.3, -0.25) is 0 Å². The summed E-state index contributed by atoms with van der Waals surface area (Å²) in [5.41, 5.74) is 9.40. The summed E-state index contributed by atoms with van der Waals surface area (Å²) < 4.78 is 1.14. The van der Waals surface area contributed by atoms with Gasteiger partial charge < -0.3 is 5.73 Å². The fourth-order valence-electron chi connectivity index (χ4n) is 2.07. The molecule has 82 valence electrons. The van der Waals surface area contributed by atoms with Crippen molar-refractivity contribution in [2.24, 2.45) is 5.73 Å². The van der Waals surface area contributed by atoms with Crippen molar-refractivity contribution in [3.8, 4) is 11.3 Å². The molecule has 0 spiro atoms. The number of hydrogen-bond acceptors (Lipinski definition) is 3. The zero-order valence-corrected chi connectivity index (χ0v) is 11.1. The van der Waals surface area contributed by atoms with Gasteiger partial charge in [-0.15, -0.1) is 11.3 Å². The highest BCUT2D eigenvalue weighted by atomic mass is 79.9. The van der Waals surface area contributed by atoms with Gasteiger partial charge in [0.15, 0.2) is 0 Å². The molecule has 4 heteroatoms. The van der Waals surface area contributed by atoms with Gasteiger partial charge in [-0.25, -0.2) is 4.98 Å². The molecule has 1 aliphatic rings. The van der Waals surface area contributed by atoms with Crippen LogP contribution in [0.4, 0.5) is 0 Å². The SMILES string of the molecule is NCCc1nc2c(s1)Cc1cc(Br)ccc1-2. The molecule has 2 N–H and O–H groups in total. The lowest BCUT2D eigenvalue weighted by Crippen LogP contribution is -2.02. The van der Waals surface area contributed by atoms with Gasteiger partial charge in [0.1, 0.15) is 0 Å². The zero-order chi connectivity index (χ0) is 11.1. The first-order chi connectivity index (χ1) is 7.78. The molecular weight excluding hydrogens is 284 g/mol. The van der Waals surface area contributed by atoms with Crippen molar-refractivity contribution < 1.29 is 0 Å². The summed E-state index contributed by atoms with van der Waals surface area (Å²) in [5.74, 6) is 0. The summed E-state index contributed by atoms with van der Waals surface area (Å²) in [6, 6.07) is 6.42. The minimum absolute atomic E-state index is 0.680. The van der Waals surface area contributed by atoms with Crippen molar-refractivity contribution in [1.29, 1.82) is 0 Å². The predicted molar refractivity (Wildman–Crippen MR) is 70.8 cm³/mol. The molecule has 3 rings (SSSR count). The van der Waals surface area contributed by atoms with Crippen LogP contribution >= 0.6 is 27.3 Å². The van der Waals surface area contributed by atoms with Gasteiger partial charge in [-0.2, -0.15) is 0 Å². The Kier molecular flexibility index (Phi) is 2.58. The molecule has 16 heavy (non-hydrogen) atoms. The molecule has 0 radical (unpaired) electrons. The predicted octanol–water partition coefficient (Wildman–Crippen LogP) is 2.98. The maximum absolute atomic E-state index is 5.55. The highest BCUT2D eigenvalue weighted by Gasteiger charge is 2.22. The number of nitrogens with two attached hydrogens (primary N) is 1. The first-order valence-electron chi connectivity index (χ1n) is 5.25. The lowest BCUT2D eigenvalue weighted by atomic mass is 10.1. The van der Waals surface area contributed by atoms with Gasteiger partial charge in [-0.1, -0.05) is 22.0 Å². The maximum Gasteiger partial charge on any atom is 0.0948 e. The third-order valence-electron chi connectivity index (χ3n) is 2.77. The normalized spacial score (nSPS) is 12.6. The Balaban J connectivity index is 2.06. The summed E-state index contributed by atoms with van der Waals surface area (Å²) in [5, 5.41) is 1.17. The van der Waals surface area contributed by atoms with E-state index in [9.17, 15) is 0 Å². The number of nitrogens with zero attached hydrogens (tertiary/aromatic N) is 1. The topological polar surface area (TPSA) is 38.9 Å². The standard InChI is InChI=1S/C12H11BrN2S/c13-8-1-2-9-7(5-8)6-10-12(9)15-11(16-10)3-4-14/h1-2,5H,3-4,6,14H2. The number of hydrogen-bond donors (Lipinski definition) is 1. The van der Waals surface area contributed by atoms with E-state index in [1.807, 2.05) is 0 Å². The van der Waals surface area contributed by atoms with E-state index in [0.717, 1.165) is 17.3 Å². The van der Waals surface area contributed by atoms with E-state index in [1.54, 1.807) is 11.3 Å². The molecule has 0 atom stereocenters. The molecule has 0 amide bonds. The monoisotopic (exact) mass is 294 g/mol. The number of rotatable bonds is 2. The van der Waals surface area contributed by atoms with Gasteiger partial charge in [0.05, 0.1) is 10.7 Å². The van der Waals surface area contributed by atoms with E-state index in [4.69, 9.17) is 5.73 Å². The highest BCUT2D eigenvalue weighted by molar-refractivity contribution is 9.10. The van der Waals surface area contributed by atoms with Crippen LogP contribution in [0.25, 0.3) is 11.3 Å². The second kappa shape index (κ2) is 3.95. The van der Waals surface area contributed by atoms with E-state index in [0.29, 0.717) is 6.54 Å². The number of halogens is 1. The van der Waals surface area contributed by atoms with Crippen molar-refractivity contribution >= 4 is 27.3 Å². The Morgan fingerprint density at radius 1 is 1.44 bits per heavy atom. The number of fused-ring (bicyclic) bond motifs is 3. The van der Waals surface area contributed by atoms with E-state index >= 15 is 0 Å². The van der Waals surface area contributed by atoms with Crippen molar-refractivity contribution in [3.63, 3.8) is 0 Å². The second-order valence-electron chi connectivity index (χ2n) is 3.90. The van der Waals surface area contributed by atoms with E-state index in [2.05, 4.69) is 39.1 Å². The third kappa shape index (κ3) is 1.61. The molecule has 0 fully saturated rings. The van der Waals surface area contributed by atoms with Crippen LogP contribution in [0.3, 0.4) is 0 Å². The van der Waals surface area contributed by atoms with Crippen LogP contribution < -0.4 is 5.73 Å². The van der Waals surface area contributed by atoms with Gasteiger partial charge in [0, 0.05) is 27.8 Å². The fraction of sp³-hybridized carbons (Fsp3) is 0.250. The lowest BCUT2D eigenvalue weighted by molar-refractivity contribution is 0.954. The highest BCUT2D eigenvalue weighted by Crippen LogP contribution is 2.40. The minimum atomic E-state index is 0.680.